The van der Waals surface area contributed by atoms with Crippen LogP contribution in [0.5, 0.6) is 0 Å². The molecule has 1 unspecified atom stereocenters. The zero-order valence-corrected chi connectivity index (χ0v) is 23.4. The number of carbonyl (C=O) groups is 3. The molecule has 4 aromatic rings. The molecule has 0 radical (unpaired) electrons. The van der Waals surface area contributed by atoms with Crippen molar-refractivity contribution in [1.29, 1.82) is 0 Å². The number of halogens is 1. The number of thioether (sulfide) groups is 1. The normalized spacial score (nSPS) is 14.2. The lowest BCUT2D eigenvalue weighted by molar-refractivity contribution is -0.113. The van der Waals surface area contributed by atoms with Gasteiger partial charge in [-0.1, -0.05) is 36.4 Å². The largest absolute Gasteiger partial charge is 0.465 e. The Morgan fingerprint density at radius 3 is 2.52 bits per heavy atom. The number of carbonyl (C=O) groups excluding carboxylic acids is 3. The molecule has 0 spiro atoms. The van der Waals surface area contributed by atoms with Crippen LogP contribution in [0.25, 0.3) is 0 Å². The molecule has 1 atom stereocenters. The van der Waals surface area contributed by atoms with Crippen LogP contribution in [0, 0.1) is 5.82 Å². The van der Waals surface area contributed by atoms with Crippen LogP contribution in [-0.2, 0) is 22.4 Å². The van der Waals surface area contributed by atoms with Crippen LogP contribution in [0.2, 0.25) is 0 Å². The van der Waals surface area contributed by atoms with Crippen LogP contribution in [0.4, 0.5) is 15.1 Å². The van der Waals surface area contributed by atoms with Crippen LogP contribution in [0.1, 0.15) is 49.1 Å². The van der Waals surface area contributed by atoms with Gasteiger partial charge in [0.2, 0.25) is 5.91 Å². The van der Waals surface area contributed by atoms with E-state index in [0.717, 1.165) is 34.6 Å². The maximum atomic E-state index is 13.1. The Balaban J connectivity index is 1.24. The summed E-state index contributed by atoms with van der Waals surface area (Å²) in [5.74, 6) is -0.965. The Bertz CT molecular complexity index is 1540. The van der Waals surface area contributed by atoms with E-state index in [9.17, 15) is 18.8 Å². The van der Waals surface area contributed by atoms with Gasteiger partial charge in [0.15, 0.2) is 0 Å². The third kappa shape index (κ3) is 6.43. The molecular formula is C31H27FN2O4S2. The summed E-state index contributed by atoms with van der Waals surface area (Å²) in [6.07, 6.45) is 2.49. The zero-order valence-electron chi connectivity index (χ0n) is 21.7. The minimum Gasteiger partial charge on any atom is -0.465 e. The fourth-order valence-electron chi connectivity index (χ4n) is 4.78. The van der Waals surface area contributed by atoms with Crippen molar-refractivity contribution in [3.8, 4) is 0 Å². The fourth-order valence-corrected chi connectivity index (χ4v) is 6.87. The maximum Gasteiger partial charge on any atom is 0.341 e. The van der Waals surface area contributed by atoms with Gasteiger partial charge in [0, 0.05) is 21.0 Å². The summed E-state index contributed by atoms with van der Waals surface area (Å²) in [7, 11) is 1.35. The zero-order chi connectivity index (χ0) is 28.1. The Morgan fingerprint density at radius 2 is 1.77 bits per heavy atom. The van der Waals surface area contributed by atoms with E-state index in [2.05, 4.69) is 22.8 Å². The van der Waals surface area contributed by atoms with Crippen LogP contribution in [0.3, 0.4) is 0 Å². The van der Waals surface area contributed by atoms with E-state index in [1.165, 1.54) is 60.0 Å². The number of fused-ring (bicyclic) bond motifs is 1. The van der Waals surface area contributed by atoms with Gasteiger partial charge in [-0.25, -0.2) is 9.18 Å². The highest BCUT2D eigenvalue weighted by Crippen LogP contribution is 2.42. The Morgan fingerprint density at radius 1 is 1.00 bits per heavy atom. The third-order valence-electron chi connectivity index (χ3n) is 6.75. The second-order valence-electron chi connectivity index (χ2n) is 9.38. The minimum absolute atomic E-state index is 0.116. The van der Waals surface area contributed by atoms with Gasteiger partial charge in [0.25, 0.3) is 5.91 Å². The molecule has 1 heterocycles. The number of hydrogen-bond acceptors (Lipinski definition) is 6. The highest BCUT2D eigenvalue weighted by Gasteiger charge is 2.30. The van der Waals surface area contributed by atoms with Gasteiger partial charge in [-0.05, 0) is 78.8 Å². The van der Waals surface area contributed by atoms with E-state index in [1.54, 1.807) is 18.2 Å². The Hall–Kier alpha value is -3.95. The highest BCUT2D eigenvalue weighted by molar-refractivity contribution is 8.00. The lowest BCUT2D eigenvalue weighted by Gasteiger charge is -2.22. The number of methoxy groups -OCH3 is 1. The lowest BCUT2D eigenvalue weighted by Crippen LogP contribution is -2.17. The van der Waals surface area contributed by atoms with Crippen molar-refractivity contribution in [1.82, 2.24) is 0 Å². The standard InChI is InChI=1S/C31H27FN2O4S2/c1-38-31(37)28-25-15-12-21(19-6-3-2-4-7-19)16-26(25)40-30(28)34-27(35)18-39-24-9-5-8-23(17-24)33-29(36)20-10-13-22(32)14-11-20/h2-11,13-14,17,21H,12,15-16,18H2,1H3,(H,33,36)(H,34,35). The molecule has 3 aromatic carbocycles. The van der Waals surface area contributed by atoms with Gasteiger partial charge >= 0.3 is 5.97 Å². The molecule has 0 saturated heterocycles. The molecular weight excluding hydrogens is 547 g/mol. The SMILES string of the molecule is COC(=O)c1c(NC(=O)CSc2cccc(NC(=O)c3ccc(F)cc3)c2)sc2c1CCC(c1ccccc1)C2. The number of rotatable bonds is 8. The highest BCUT2D eigenvalue weighted by atomic mass is 32.2. The van der Waals surface area contributed by atoms with E-state index >= 15 is 0 Å². The van der Waals surface area contributed by atoms with Crippen LogP contribution in [0.15, 0.2) is 83.8 Å². The van der Waals surface area contributed by atoms with Gasteiger partial charge < -0.3 is 15.4 Å². The Labute approximate surface area is 240 Å². The van der Waals surface area contributed by atoms with Gasteiger partial charge in [-0.2, -0.15) is 0 Å². The lowest BCUT2D eigenvalue weighted by atomic mass is 9.83. The first kappa shape index (κ1) is 27.6. The first-order chi connectivity index (χ1) is 19.4. The molecule has 9 heteroatoms. The molecule has 2 amide bonds. The molecule has 2 N–H and O–H groups in total. The quantitative estimate of drug-likeness (QED) is 0.176. The smallest absolute Gasteiger partial charge is 0.341 e. The van der Waals surface area contributed by atoms with Crippen molar-refractivity contribution in [3.05, 3.63) is 112 Å². The monoisotopic (exact) mass is 574 g/mol. The number of thiophene rings is 1. The molecule has 0 aliphatic heterocycles. The first-order valence-corrected chi connectivity index (χ1v) is 14.6. The number of ether oxygens (including phenoxy) is 1. The minimum atomic E-state index is -0.441. The molecule has 0 fully saturated rings. The van der Waals surface area contributed by atoms with Crippen LogP contribution >= 0.6 is 23.1 Å². The summed E-state index contributed by atoms with van der Waals surface area (Å²) in [5.41, 5.74) is 3.61. The molecule has 1 aromatic heterocycles. The van der Waals surface area contributed by atoms with Crippen LogP contribution in [-0.4, -0.2) is 30.6 Å². The van der Waals surface area contributed by atoms with Gasteiger partial charge in [-0.3, -0.25) is 9.59 Å². The van der Waals surface area contributed by atoms with Crippen molar-refractivity contribution < 1.29 is 23.5 Å². The second kappa shape index (κ2) is 12.5. The van der Waals surface area contributed by atoms with Gasteiger partial charge in [0.05, 0.1) is 18.4 Å². The number of benzene rings is 3. The topological polar surface area (TPSA) is 84.5 Å². The average molecular weight is 575 g/mol. The summed E-state index contributed by atoms with van der Waals surface area (Å²) in [6, 6.07) is 22.8. The van der Waals surface area contributed by atoms with Gasteiger partial charge in [0.1, 0.15) is 10.8 Å². The summed E-state index contributed by atoms with van der Waals surface area (Å²) < 4.78 is 18.2. The number of anilines is 2. The Kier molecular flexibility index (Phi) is 8.62. The van der Waals surface area contributed by atoms with E-state index in [-0.39, 0.29) is 17.6 Å². The predicted octanol–water partition coefficient (Wildman–Crippen LogP) is 6.93. The third-order valence-corrected chi connectivity index (χ3v) is 8.91. The maximum absolute atomic E-state index is 13.1. The first-order valence-electron chi connectivity index (χ1n) is 12.8. The molecule has 0 saturated carbocycles. The van der Waals surface area contributed by atoms with E-state index in [4.69, 9.17) is 4.74 Å². The molecule has 204 valence electrons. The molecule has 1 aliphatic carbocycles. The summed E-state index contributed by atoms with van der Waals surface area (Å²) in [5, 5.41) is 6.25. The van der Waals surface area contributed by atoms with Crippen molar-refractivity contribution in [2.75, 3.05) is 23.5 Å². The second-order valence-corrected chi connectivity index (χ2v) is 11.5. The molecule has 5 rings (SSSR count). The molecule has 6 nitrogen and oxygen atoms in total. The average Bonchev–Trinajstić information content (AvgIpc) is 3.33. The summed E-state index contributed by atoms with van der Waals surface area (Å²) in [6.45, 7) is 0. The van der Waals surface area contributed by atoms with Crippen LogP contribution < -0.4 is 10.6 Å². The fraction of sp³-hybridized carbons (Fsp3) is 0.194. The summed E-state index contributed by atoms with van der Waals surface area (Å²) >= 11 is 2.76. The number of nitrogens with one attached hydrogen (secondary N) is 2. The molecule has 1 aliphatic rings. The number of esters is 1. The van der Waals surface area contributed by atoms with E-state index in [1.807, 2.05) is 24.3 Å². The number of amides is 2. The molecule has 40 heavy (non-hydrogen) atoms. The number of hydrogen-bond donors (Lipinski definition) is 2. The van der Waals surface area contributed by atoms with Crippen molar-refractivity contribution in [2.45, 2.75) is 30.1 Å². The van der Waals surface area contributed by atoms with Crippen molar-refractivity contribution >= 4 is 51.6 Å². The van der Waals surface area contributed by atoms with E-state index in [0.29, 0.717) is 27.7 Å². The summed E-state index contributed by atoms with van der Waals surface area (Å²) in [4.78, 5) is 40.0. The van der Waals surface area contributed by atoms with E-state index < -0.39 is 11.8 Å². The predicted molar refractivity (Wildman–Crippen MR) is 157 cm³/mol. The van der Waals surface area contributed by atoms with Crippen molar-refractivity contribution in [2.24, 2.45) is 0 Å². The molecule has 0 bridgehead atoms. The van der Waals surface area contributed by atoms with Crippen molar-refractivity contribution in [3.63, 3.8) is 0 Å². The van der Waals surface area contributed by atoms with Gasteiger partial charge in [-0.15, -0.1) is 23.1 Å².